The van der Waals surface area contributed by atoms with Crippen LogP contribution in [-0.4, -0.2) is 40.0 Å². The van der Waals surface area contributed by atoms with Gasteiger partial charge in [0.15, 0.2) is 0 Å². The lowest BCUT2D eigenvalue weighted by Crippen LogP contribution is -2.42. The lowest BCUT2D eigenvalue weighted by atomic mass is 10.4. The van der Waals surface area contributed by atoms with E-state index < -0.39 is 0 Å². The summed E-state index contributed by atoms with van der Waals surface area (Å²) in [6, 6.07) is 0. The first-order valence-corrected chi connectivity index (χ1v) is 5.39. The van der Waals surface area contributed by atoms with Gasteiger partial charge in [-0.1, -0.05) is 15.9 Å². The third-order valence-electron chi connectivity index (χ3n) is 1.78. The van der Waals surface area contributed by atoms with Crippen molar-refractivity contribution in [2.45, 2.75) is 4.83 Å². The van der Waals surface area contributed by atoms with E-state index in [1.54, 1.807) is 0 Å². The monoisotopic (exact) mass is 221 g/mol. The minimum Gasteiger partial charge on any atom is -0.268 e. The highest BCUT2D eigenvalue weighted by atomic mass is 79.9. The van der Waals surface area contributed by atoms with Crippen molar-refractivity contribution < 1.29 is 4.58 Å². The van der Waals surface area contributed by atoms with Gasteiger partial charge in [-0.25, -0.2) is 0 Å². The quantitative estimate of drug-likeness (QED) is 0.473. The van der Waals surface area contributed by atoms with Crippen molar-refractivity contribution in [1.82, 2.24) is 5.32 Å². The van der Waals surface area contributed by atoms with E-state index in [1.165, 1.54) is 24.0 Å². The Morgan fingerprint density at radius 1 is 1.70 bits per heavy atom. The van der Waals surface area contributed by atoms with Crippen LogP contribution in [0.5, 0.6) is 0 Å². The van der Waals surface area contributed by atoms with E-state index in [9.17, 15) is 0 Å². The topological polar surface area (TPSA) is 15.0 Å². The highest BCUT2D eigenvalue weighted by molar-refractivity contribution is 9.09. The fraction of sp³-hybridized carbons (Fsp3) is 0.833. The largest absolute Gasteiger partial charge is 0.306 e. The van der Waals surface area contributed by atoms with Crippen LogP contribution in [0.15, 0.2) is 0 Å². The third-order valence-corrected chi connectivity index (χ3v) is 3.46. The van der Waals surface area contributed by atoms with Gasteiger partial charge < -0.3 is 0 Å². The van der Waals surface area contributed by atoms with Crippen molar-refractivity contribution in [3.05, 3.63) is 0 Å². The van der Waals surface area contributed by atoms with Gasteiger partial charge in [0.05, 0.1) is 17.9 Å². The summed E-state index contributed by atoms with van der Waals surface area (Å²) < 4.78 is 2.41. The van der Waals surface area contributed by atoms with Gasteiger partial charge in [0, 0.05) is 5.75 Å². The van der Waals surface area contributed by atoms with Gasteiger partial charge in [0.1, 0.15) is 6.54 Å². The second kappa shape index (κ2) is 2.74. The zero-order chi connectivity index (χ0) is 6.97. The molecule has 2 aliphatic heterocycles. The molecule has 0 aliphatic carbocycles. The first kappa shape index (κ1) is 6.98. The van der Waals surface area contributed by atoms with Crippen LogP contribution in [-0.2, 0) is 0 Å². The van der Waals surface area contributed by atoms with E-state index in [-0.39, 0.29) is 0 Å². The molecular weight excluding hydrogens is 212 g/mol. The maximum Gasteiger partial charge on any atom is 0.306 e. The van der Waals surface area contributed by atoms with Crippen LogP contribution >= 0.6 is 27.7 Å². The van der Waals surface area contributed by atoms with Crippen molar-refractivity contribution in [2.24, 2.45) is 0 Å². The molecule has 0 spiro atoms. The van der Waals surface area contributed by atoms with Gasteiger partial charge in [-0.05, 0) is 11.8 Å². The predicted molar refractivity (Wildman–Crippen MR) is 48.2 cm³/mol. The first-order chi connectivity index (χ1) is 4.86. The smallest absolute Gasteiger partial charge is 0.268 e. The number of hydrogen-bond acceptors (Lipinski definition) is 2. The lowest BCUT2D eigenvalue weighted by Gasteiger charge is -2.14. The molecule has 0 aromatic heterocycles. The Hall–Kier alpha value is 0.300. The van der Waals surface area contributed by atoms with Crippen LogP contribution in [0.2, 0.25) is 0 Å². The predicted octanol–water partition coefficient (Wildman–Crippen LogP) is 0.468. The summed E-state index contributed by atoms with van der Waals surface area (Å²) >= 11 is 5.54. The van der Waals surface area contributed by atoms with E-state index >= 15 is 0 Å². The molecule has 0 saturated carbocycles. The number of alkyl halides is 1. The molecule has 0 aromatic carbocycles. The third kappa shape index (κ3) is 1.19. The van der Waals surface area contributed by atoms with Crippen molar-refractivity contribution in [1.29, 1.82) is 0 Å². The molecule has 1 unspecified atom stereocenters. The Labute approximate surface area is 73.2 Å². The molecule has 1 N–H and O–H groups in total. The maximum atomic E-state index is 3.60. The summed E-state index contributed by atoms with van der Waals surface area (Å²) in [4.78, 5) is 0.634. The molecular formula is C6H10BrN2S+. The molecule has 0 saturated heterocycles. The molecule has 2 rings (SSSR count). The number of amidine groups is 1. The summed E-state index contributed by atoms with van der Waals surface area (Å²) in [6.07, 6.45) is 0. The van der Waals surface area contributed by atoms with Crippen LogP contribution in [0.1, 0.15) is 0 Å². The number of hydrogen-bond donors (Lipinski definition) is 1. The summed E-state index contributed by atoms with van der Waals surface area (Å²) in [5, 5.41) is 4.77. The van der Waals surface area contributed by atoms with E-state index in [2.05, 4.69) is 25.8 Å². The summed E-state index contributed by atoms with van der Waals surface area (Å²) in [6.45, 7) is 3.48. The molecule has 2 heterocycles. The minimum absolute atomic E-state index is 0.634. The Balaban J connectivity index is 2.13. The highest BCUT2D eigenvalue weighted by Gasteiger charge is 2.28. The Morgan fingerprint density at radius 2 is 2.60 bits per heavy atom. The van der Waals surface area contributed by atoms with Crippen LogP contribution in [0.25, 0.3) is 0 Å². The fourth-order valence-corrected chi connectivity index (χ4v) is 2.83. The molecule has 56 valence electrons. The number of nitrogens with one attached hydrogen (secondary N) is 1. The molecule has 4 heteroatoms. The number of nitrogens with zero attached hydrogens (tertiary/aromatic N) is 1. The molecule has 10 heavy (non-hydrogen) atoms. The molecule has 0 amide bonds. The number of thioether (sulfide) groups is 1. The molecule has 0 bridgehead atoms. The number of rotatable bonds is 0. The minimum atomic E-state index is 0.634. The normalized spacial score (nSPS) is 31.9. The van der Waals surface area contributed by atoms with Gasteiger partial charge in [0.25, 0.3) is 0 Å². The second-order valence-electron chi connectivity index (χ2n) is 2.58. The van der Waals surface area contributed by atoms with Gasteiger partial charge >= 0.3 is 5.17 Å². The first-order valence-electron chi connectivity index (χ1n) is 3.49. The average Bonchev–Trinajstić information content (AvgIpc) is 2.33. The Morgan fingerprint density at radius 3 is 3.50 bits per heavy atom. The van der Waals surface area contributed by atoms with E-state index in [1.807, 2.05) is 11.8 Å². The summed E-state index contributed by atoms with van der Waals surface area (Å²) in [7, 11) is 0. The molecule has 1 atom stereocenters. The second-order valence-corrected chi connectivity index (χ2v) is 4.96. The van der Waals surface area contributed by atoms with Crippen molar-refractivity contribution in [2.75, 3.05) is 25.4 Å². The van der Waals surface area contributed by atoms with Gasteiger partial charge in [-0.2, -0.15) is 0 Å². The van der Waals surface area contributed by atoms with Crippen molar-refractivity contribution >= 4 is 32.9 Å². The fourth-order valence-electron chi connectivity index (χ4n) is 1.28. The van der Waals surface area contributed by atoms with Crippen molar-refractivity contribution in [3.8, 4) is 0 Å². The van der Waals surface area contributed by atoms with Crippen LogP contribution in [0.4, 0.5) is 0 Å². The van der Waals surface area contributed by atoms with Crippen LogP contribution in [0, 0.1) is 0 Å². The summed E-state index contributed by atoms with van der Waals surface area (Å²) in [5.41, 5.74) is 0. The van der Waals surface area contributed by atoms with E-state index in [4.69, 9.17) is 0 Å². The van der Waals surface area contributed by atoms with Crippen LogP contribution < -0.4 is 5.32 Å². The van der Waals surface area contributed by atoms with Crippen molar-refractivity contribution in [3.63, 3.8) is 0 Å². The maximum absolute atomic E-state index is 3.60. The van der Waals surface area contributed by atoms with Gasteiger partial charge in [-0.3, -0.25) is 9.89 Å². The zero-order valence-corrected chi connectivity index (χ0v) is 8.04. The molecule has 0 fully saturated rings. The lowest BCUT2D eigenvalue weighted by molar-refractivity contribution is -0.521. The molecule has 0 aromatic rings. The Kier molecular flexibility index (Phi) is 1.91. The number of halogens is 1. The van der Waals surface area contributed by atoms with E-state index in [0.717, 1.165) is 6.54 Å². The molecule has 0 radical (unpaired) electrons. The summed E-state index contributed by atoms with van der Waals surface area (Å²) in [5.74, 6) is 1.25. The molecule has 2 aliphatic rings. The SMILES string of the molecule is BrC1CNC2=[N+](CCS2)C1. The highest BCUT2D eigenvalue weighted by Crippen LogP contribution is 2.15. The average molecular weight is 222 g/mol. The zero-order valence-electron chi connectivity index (χ0n) is 5.64. The Bertz CT molecular complexity index is 181. The van der Waals surface area contributed by atoms with Gasteiger partial charge in [0.2, 0.25) is 0 Å². The molecule has 2 nitrogen and oxygen atoms in total. The van der Waals surface area contributed by atoms with Gasteiger partial charge in [-0.15, -0.1) is 0 Å². The standard InChI is InChI=1S/C6H9BrN2S/c7-5-3-8-6-9(4-5)1-2-10-6/h5H,1-4H2/p+1. The van der Waals surface area contributed by atoms with E-state index in [0.29, 0.717) is 4.83 Å². The van der Waals surface area contributed by atoms with Crippen LogP contribution in [0.3, 0.4) is 0 Å².